The van der Waals surface area contributed by atoms with Gasteiger partial charge in [-0.1, -0.05) is 0 Å². The third-order valence-electron chi connectivity index (χ3n) is 5.65. The molecule has 0 saturated carbocycles. The largest absolute Gasteiger partial charge is 0.348 e. The Kier molecular flexibility index (Phi) is 3.99. The predicted octanol–water partition coefficient (Wildman–Crippen LogP) is 2.67. The fourth-order valence-electron chi connectivity index (χ4n) is 4.24. The lowest BCUT2D eigenvalue weighted by molar-refractivity contribution is 0.0931. The number of nitrogens with one attached hydrogen (secondary N) is 1. The molecule has 5 rings (SSSR count). The zero-order valence-electron chi connectivity index (χ0n) is 15.6. The van der Waals surface area contributed by atoms with Crippen molar-refractivity contribution in [2.24, 2.45) is 0 Å². The minimum absolute atomic E-state index is 0.0230. The van der Waals surface area contributed by atoms with E-state index in [-0.39, 0.29) is 23.8 Å². The van der Waals surface area contributed by atoms with Crippen molar-refractivity contribution >= 4 is 17.4 Å². The standard InChI is InChI=1S/C20H21FN6O/c1-12-4-5-15-14(9-13(21)10-22-15)16-3-2-8-26(16)19-7-6-18-23-11-17(20(28)24-12)27(18)25-19/h6-7,9-12,16H,2-5,8H2,1H3,(H,24,28)/t12?,16-/m1/s1. The van der Waals surface area contributed by atoms with Gasteiger partial charge in [-0.15, -0.1) is 5.10 Å². The Morgan fingerprint density at radius 2 is 2.11 bits per heavy atom. The van der Waals surface area contributed by atoms with E-state index in [2.05, 4.69) is 20.2 Å². The first kappa shape index (κ1) is 17.1. The van der Waals surface area contributed by atoms with Crippen LogP contribution in [0.25, 0.3) is 5.65 Å². The average molecular weight is 380 g/mol. The molecule has 3 aromatic rings. The first-order valence-electron chi connectivity index (χ1n) is 9.67. The van der Waals surface area contributed by atoms with Crippen molar-refractivity contribution in [3.8, 4) is 0 Å². The van der Waals surface area contributed by atoms with Crippen molar-refractivity contribution < 1.29 is 9.18 Å². The number of rotatable bonds is 0. The maximum absolute atomic E-state index is 14.1. The van der Waals surface area contributed by atoms with Crippen LogP contribution in [0, 0.1) is 5.82 Å². The Morgan fingerprint density at radius 1 is 1.21 bits per heavy atom. The Hall–Kier alpha value is -3.03. The summed E-state index contributed by atoms with van der Waals surface area (Å²) in [5.74, 6) is 0.232. The molecule has 2 atom stereocenters. The summed E-state index contributed by atoms with van der Waals surface area (Å²) in [5, 5.41) is 7.71. The van der Waals surface area contributed by atoms with Gasteiger partial charge in [-0.25, -0.2) is 13.9 Å². The number of anilines is 1. The highest BCUT2D eigenvalue weighted by Gasteiger charge is 2.31. The van der Waals surface area contributed by atoms with Gasteiger partial charge < -0.3 is 10.2 Å². The third-order valence-corrected chi connectivity index (χ3v) is 5.65. The summed E-state index contributed by atoms with van der Waals surface area (Å²) in [6.45, 7) is 2.79. The van der Waals surface area contributed by atoms with Crippen LogP contribution in [-0.2, 0) is 6.42 Å². The molecule has 3 aromatic heterocycles. The molecule has 0 spiro atoms. The Morgan fingerprint density at radius 3 is 3.00 bits per heavy atom. The zero-order valence-corrected chi connectivity index (χ0v) is 15.6. The molecule has 0 radical (unpaired) electrons. The molecule has 5 heterocycles. The Balaban J connectivity index is 1.69. The van der Waals surface area contributed by atoms with Crippen LogP contribution in [0.3, 0.4) is 0 Å². The van der Waals surface area contributed by atoms with Crippen LogP contribution in [0.1, 0.15) is 54.0 Å². The second kappa shape index (κ2) is 6.54. The summed E-state index contributed by atoms with van der Waals surface area (Å²) in [6, 6.07) is 5.35. The third kappa shape index (κ3) is 2.80. The van der Waals surface area contributed by atoms with Gasteiger partial charge in [0.1, 0.15) is 11.6 Å². The van der Waals surface area contributed by atoms with Crippen molar-refractivity contribution in [1.29, 1.82) is 0 Å². The number of nitrogens with zero attached hydrogens (tertiary/aromatic N) is 5. The monoisotopic (exact) mass is 380 g/mol. The van der Waals surface area contributed by atoms with Gasteiger partial charge in [0.15, 0.2) is 11.3 Å². The van der Waals surface area contributed by atoms with E-state index in [9.17, 15) is 9.18 Å². The van der Waals surface area contributed by atoms with Crippen molar-refractivity contribution in [2.45, 2.75) is 44.7 Å². The van der Waals surface area contributed by atoms with Gasteiger partial charge in [0, 0.05) is 18.3 Å². The topological polar surface area (TPSA) is 75.4 Å². The van der Waals surface area contributed by atoms with Crippen LogP contribution in [0.5, 0.6) is 0 Å². The molecule has 1 unspecified atom stereocenters. The normalized spacial score (nSPS) is 22.2. The number of carbonyl (C=O) groups is 1. The highest BCUT2D eigenvalue weighted by molar-refractivity contribution is 5.93. The minimum atomic E-state index is -0.323. The number of imidazole rings is 1. The molecule has 144 valence electrons. The van der Waals surface area contributed by atoms with Crippen LogP contribution in [-0.4, -0.2) is 38.1 Å². The minimum Gasteiger partial charge on any atom is -0.348 e. The number of aromatic nitrogens is 4. The molecule has 28 heavy (non-hydrogen) atoms. The van der Waals surface area contributed by atoms with Crippen molar-refractivity contribution in [3.63, 3.8) is 0 Å². The molecule has 1 amide bonds. The van der Waals surface area contributed by atoms with Crippen LogP contribution in [0.4, 0.5) is 10.2 Å². The van der Waals surface area contributed by atoms with Gasteiger partial charge >= 0.3 is 0 Å². The molecule has 2 aliphatic heterocycles. The molecular weight excluding hydrogens is 359 g/mol. The summed E-state index contributed by atoms with van der Waals surface area (Å²) in [4.78, 5) is 23.6. The second-order valence-electron chi connectivity index (χ2n) is 7.56. The fraction of sp³-hybridized carbons (Fsp3) is 0.400. The number of carbonyl (C=O) groups excluding carboxylic acids is 1. The second-order valence-corrected chi connectivity index (χ2v) is 7.56. The first-order valence-corrected chi connectivity index (χ1v) is 9.67. The SMILES string of the molecule is CC1CCc2ncc(F)cc2[C@H]2CCCN2c2ccc3ncc(n3n2)C(=O)N1. The van der Waals surface area contributed by atoms with Gasteiger partial charge in [-0.2, -0.15) is 0 Å². The van der Waals surface area contributed by atoms with E-state index in [4.69, 9.17) is 5.10 Å². The number of pyridine rings is 1. The molecular formula is C20H21FN6O. The van der Waals surface area contributed by atoms with E-state index in [1.165, 1.54) is 6.20 Å². The lowest BCUT2D eigenvalue weighted by Gasteiger charge is -2.27. The van der Waals surface area contributed by atoms with E-state index >= 15 is 0 Å². The Labute approximate surface area is 161 Å². The lowest BCUT2D eigenvalue weighted by Crippen LogP contribution is -2.33. The maximum Gasteiger partial charge on any atom is 0.271 e. The molecule has 0 aromatic carbocycles. The number of halogens is 1. The summed E-state index contributed by atoms with van der Waals surface area (Å²) in [5.41, 5.74) is 2.85. The molecule has 1 fully saturated rings. The van der Waals surface area contributed by atoms with Gasteiger partial charge in [0.2, 0.25) is 0 Å². The molecule has 1 N–H and O–H groups in total. The highest BCUT2D eigenvalue weighted by Crippen LogP contribution is 2.37. The molecule has 2 bridgehead atoms. The summed E-state index contributed by atoms with van der Waals surface area (Å²) < 4.78 is 15.6. The Bertz CT molecular complexity index is 1060. The first-order chi connectivity index (χ1) is 13.6. The molecule has 1 saturated heterocycles. The van der Waals surface area contributed by atoms with Gasteiger partial charge in [-0.05, 0) is 56.4 Å². The van der Waals surface area contributed by atoms with E-state index in [0.717, 1.165) is 42.9 Å². The van der Waals surface area contributed by atoms with Crippen molar-refractivity contribution in [3.05, 3.63) is 53.4 Å². The highest BCUT2D eigenvalue weighted by atomic mass is 19.1. The van der Waals surface area contributed by atoms with Crippen molar-refractivity contribution in [1.82, 2.24) is 24.9 Å². The number of aryl methyl sites for hydroxylation is 1. The van der Waals surface area contributed by atoms with Crippen LogP contribution in [0.2, 0.25) is 0 Å². The van der Waals surface area contributed by atoms with Crippen LogP contribution in [0.15, 0.2) is 30.6 Å². The number of fused-ring (bicyclic) bond motifs is 5. The summed E-state index contributed by atoms with van der Waals surface area (Å²) >= 11 is 0. The van der Waals surface area contributed by atoms with E-state index < -0.39 is 0 Å². The quantitative estimate of drug-likeness (QED) is 0.649. The molecule has 8 heteroatoms. The molecule has 2 aliphatic rings. The van der Waals surface area contributed by atoms with Crippen LogP contribution >= 0.6 is 0 Å². The number of hydrogen-bond acceptors (Lipinski definition) is 5. The molecule has 7 nitrogen and oxygen atoms in total. The smallest absolute Gasteiger partial charge is 0.271 e. The maximum atomic E-state index is 14.1. The van der Waals surface area contributed by atoms with E-state index in [0.29, 0.717) is 17.8 Å². The van der Waals surface area contributed by atoms with E-state index in [1.807, 2.05) is 19.1 Å². The molecule has 0 aliphatic carbocycles. The predicted molar refractivity (Wildman–Crippen MR) is 102 cm³/mol. The summed E-state index contributed by atoms with van der Waals surface area (Å²) in [7, 11) is 0. The van der Waals surface area contributed by atoms with Gasteiger partial charge in [-0.3, -0.25) is 9.78 Å². The zero-order chi connectivity index (χ0) is 19.3. The lowest BCUT2D eigenvalue weighted by atomic mass is 9.98. The van der Waals surface area contributed by atoms with Crippen molar-refractivity contribution in [2.75, 3.05) is 11.4 Å². The summed E-state index contributed by atoms with van der Waals surface area (Å²) in [6.07, 6.45) is 6.14. The van der Waals surface area contributed by atoms with Crippen LogP contribution < -0.4 is 10.2 Å². The number of amides is 1. The van der Waals surface area contributed by atoms with Gasteiger partial charge in [0.25, 0.3) is 5.91 Å². The average Bonchev–Trinajstić information content (AvgIpc) is 3.32. The number of hydrogen-bond donors (Lipinski definition) is 1. The van der Waals surface area contributed by atoms with E-state index in [1.54, 1.807) is 16.8 Å². The fourth-order valence-corrected chi connectivity index (χ4v) is 4.24. The van der Waals surface area contributed by atoms with Gasteiger partial charge in [0.05, 0.1) is 18.4 Å².